The molecule has 3 rings (SSSR count). The van der Waals surface area contributed by atoms with Crippen molar-refractivity contribution in [2.24, 2.45) is 0 Å². The van der Waals surface area contributed by atoms with Gasteiger partial charge in [-0.2, -0.15) is 0 Å². The topological polar surface area (TPSA) is 83.0 Å². The fraction of sp³-hybridized carbons (Fsp3) is 0.474. The highest BCUT2D eigenvalue weighted by molar-refractivity contribution is 5.77. The van der Waals surface area contributed by atoms with Gasteiger partial charge in [-0.1, -0.05) is 0 Å². The molecule has 2 N–H and O–H groups in total. The van der Waals surface area contributed by atoms with Crippen LogP contribution < -0.4 is 10.6 Å². The van der Waals surface area contributed by atoms with Gasteiger partial charge in [-0.15, -0.1) is 0 Å². The van der Waals surface area contributed by atoms with Gasteiger partial charge in [0.15, 0.2) is 0 Å². The molecule has 1 fully saturated rings. The number of nitrogens with zero attached hydrogens (tertiary/aromatic N) is 4. The van der Waals surface area contributed by atoms with Crippen LogP contribution in [0.1, 0.15) is 35.7 Å². The lowest BCUT2D eigenvalue weighted by Gasteiger charge is -2.32. The van der Waals surface area contributed by atoms with Crippen LogP contribution in [0.5, 0.6) is 0 Å². The van der Waals surface area contributed by atoms with E-state index in [1.165, 1.54) is 5.56 Å². The van der Waals surface area contributed by atoms with Crippen molar-refractivity contribution in [1.82, 2.24) is 25.2 Å². The number of aryl methyl sites for hydroxylation is 2. The van der Waals surface area contributed by atoms with E-state index in [0.717, 1.165) is 43.1 Å². The predicted molar refractivity (Wildman–Crippen MR) is 102 cm³/mol. The Labute approximate surface area is 154 Å². The van der Waals surface area contributed by atoms with Crippen LogP contribution in [-0.2, 0) is 4.79 Å². The van der Waals surface area contributed by atoms with Gasteiger partial charge in [0, 0.05) is 31.2 Å². The molecule has 1 amide bonds. The maximum Gasteiger partial charge on any atom is 0.233 e. The first-order valence-corrected chi connectivity index (χ1v) is 9.01. The lowest BCUT2D eigenvalue weighted by atomic mass is 9.91. The third-order valence-electron chi connectivity index (χ3n) is 4.63. The molecule has 1 aliphatic rings. The largest absolute Gasteiger partial charge is 0.358 e. The SMILES string of the molecule is CNC(=O)CN1CCCC(c2ccnc(Nc3nc(C)cc(C)n3)c2)C1. The molecule has 0 aromatic carbocycles. The Bertz CT molecular complexity index is 758. The minimum absolute atomic E-state index is 0.0645. The molecular weight excluding hydrogens is 328 g/mol. The van der Waals surface area contributed by atoms with E-state index in [1.54, 1.807) is 7.05 Å². The molecule has 138 valence electrons. The monoisotopic (exact) mass is 354 g/mol. The summed E-state index contributed by atoms with van der Waals surface area (Å²) in [7, 11) is 1.68. The number of aromatic nitrogens is 3. The van der Waals surface area contributed by atoms with E-state index >= 15 is 0 Å². The third kappa shape index (κ3) is 4.76. The number of nitrogens with one attached hydrogen (secondary N) is 2. The second kappa shape index (κ2) is 8.23. The number of piperidine rings is 1. The van der Waals surface area contributed by atoms with Crippen LogP contribution in [0.2, 0.25) is 0 Å². The van der Waals surface area contributed by atoms with Crippen LogP contribution in [0, 0.1) is 13.8 Å². The van der Waals surface area contributed by atoms with Gasteiger partial charge in [0.1, 0.15) is 5.82 Å². The number of anilines is 2. The Hall–Kier alpha value is -2.54. The number of rotatable bonds is 5. The molecule has 0 radical (unpaired) electrons. The molecule has 26 heavy (non-hydrogen) atoms. The first-order valence-electron chi connectivity index (χ1n) is 9.01. The maximum absolute atomic E-state index is 11.6. The molecule has 1 saturated heterocycles. The summed E-state index contributed by atoms with van der Waals surface area (Å²) in [5, 5.41) is 5.90. The Morgan fingerprint density at radius 2 is 2.04 bits per heavy atom. The minimum Gasteiger partial charge on any atom is -0.358 e. The molecular formula is C19H26N6O. The van der Waals surface area contributed by atoms with Gasteiger partial charge in [-0.25, -0.2) is 15.0 Å². The number of likely N-dealkylation sites (N-methyl/N-ethyl adjacent to an activating group) is 1. The number of pyridine rings is 1. The fourth-order valence-corrected chi connectivity index (χ4v) is 3.42. The normalized spacial score (nSPS) is 17.7. The first-order chi connectivity index (χ1) is 12.5. The predicted octanol–water partition coefficient (Wildman–Crippen LogP) is 2.16. The number of carbonyl (C=O) groups is 1. The smallest absolute Gasteiger partial charge is 0.233 e. The van der Waals surface area contributed by atoms with Crippen molar-refractivity contribution in [1.29, 1.82) is 0 Å². The summed E-state index contributed by atoms with van der Waals surface area (Å²) < 4.78 is 0. The molecule has 0 aliphatic carbocycles. The average molecular weight is 354 g/mol. The fourth-order valence-electron chi connectivity index (χ4n) is 3.42. The summed E-state index contributed by atoms with van der Waals surface area (Å²) in [5.74, 6) is 1.78. The number of hydrogen-bond donors (Lipinski definition) is 2. The van der Waals surface area contributed by atoms with E-state index in [9.17, 15) is 4.79 Å². The van der Waals surface area contributed by atoms with Crippen molar-refractivity contribution in [3.05, 3.63) is 41.3 Å². The Kier molecular flexibility index (Phi) is 5.78. The van der Waals surface area contributed by atoms with Crippen LogP contribution in [-0.4, -0.2) is 52.4 Å². The first kappa shape index (κ1) is 18.3. The van der Waals surface area contributed by atoms with Crippen LogP contribution in [0.4, 0.5) is 11.8 Å². The highest BCUT2D eigenvalue weighted by atomic mass is 16.1. The summed E-state index contributed by atoms with van der Waals surface area (Å²) >= 11 is 0. The van der Waals surface area contributed by atoms with Crippen molar-refractivity contribution in [2.45, 2.75) is 32.6 Å². The number of carbonyl (C=O) groups excluding carboxylic acids is 1. The summed E-state index contributed by atoms with van der Waals surface area (Å²) in [4.78, 5) is 27.1. The second-order valence-electron chi connectivity index (χ2n) is 6.82. The lowest BCUT2D eigenvalue weighted by Crippen LogP contribution is -2.41. The molecule has 0 bridgehead atoms. The molecule has 2 aromatic heterocycles. The van der Waals surface area contributed by atoms with Gasteiger partial charge in [0.25, 0.3) is 0 Å². The highest BCUT2D eigenvalue weighted by Gasteiger charge is 2.23. The van der Waals surface area contributed by atoms with Crippen LogP contribution in [0.3, 0.4) is 0 Å². The molecule has 1 aliphatic heterocycles. The van der Waals surface area contributed by atoms with Crippen molar-refractivity contribution in [3.8, 4) is 0 Å². The summed E-state index contributed by atoms with van der Waals surface area (Å²) in [6, 6.07) is 6.06. The van der Waals surface area contributed by atoms with E-state index in [1.807, 2.05) is 26.1 Å². The second-order valence-corrected chi connectivity index (χ2v) is 6.82. The lowest BCUT2D eigenvalue weighted by molar-refractivity contribution is -0.122. The molecule has 2 aromatic rings. The molecule has 1 unspecified atom stereocenters. The molecule has 7 heteroatoms. The zero-order valence-corrected chi connectivity index (χ0v) is 15.6. The Morgan fingerprint density at radius 1 is 1.27 bits per heavy atom. The Morgan fingerprint density at radius 3 is 2.77 bits per heavy atom. The van der Waals surface area contributed by atoms with Gasteiger partial charge in [0.05, 0.1) is 6.54 Å². The molecule has 0 spiro atoms. The Balaban J connectivity index is 1.71. The highest BCUT2D eigenvalue weighted by Crippen LogP contribution is 2.28. The molecule has 1 atom stereocenters. The quantitative estimate of drug-likeness (QED) is 0.856. The molecule has 3 heterocycles. The van der Waals surface area contributed by atoms with Gasteiger partial charge >= 0.3 is 0 Å². The van der Waals surface area contributed by atoms with Gasteiger partial charge < -0.3 is 10.6 Å². The van der Waals surface area contributed by atoms with E-state index in [4.69, 9.17) is 0 Å². The zero-order chi connectivity index (χ0) is 18.5. The van der Waals surface area contributed by atoms with Crippen molar-refractivity contribution < 1.29 is 4.79 Å². The third-order valence-corrected chi connectivity index (χ3v) is 4.63. The van der Waals surface area contributed by atoms with E-state index in [0.29, 0.717) is 18.4 Å². The maximum atomic E-state index is 11.6. The van der Waals surface area contributed by atoms with Crippen molar-refractivity contribution in [3.63, 3.8) is 0 Å². The summed E-state index contributed by atoms with van der Waals surface area (Å²) in [6.45, 7) is 6.21. The van der Waals surface area contributed by atoms with Crippen molar-refractivity contribution >= 4 is 17.7 Å². The summed E-state index contributed by atoms with van der Waals surface area (Å²) in [6.07, 6.45) is 4.03. The van der Waals surface area contributed by atoms with Crippen LogP contribution in [0.15, 0.2) is 24.4 Å². The zero-order valence-electron chi connectivity index (χ0n) is 15.6. The van der Waals surface area contributed by atoms with E-state index in [-0.39, 0.29) is 5.91 Å². The van der Waals surface area contributed by atoms with Gasteiger partial charge in [-0.3, -0.25) is 9.69 Å². The number of hydrogen-bond acceptors (Lipinski definition) is 6. The van der Waals surface area contributed by atoms with Crippen molar-refractivity contribution in [2.75, 3.05) is 32.0 Å². The van der Waals surface area contributed by atoms with Crippen LogP contribution in [0.25, 0.3) is 0 Å². The van der Waals surface area contributed by atoms with E-state index in [2.05, 4.69) is 42.6 Å². The molecule has 7 nitrogen and oxygen atoms in total. The standard InChI is InChI=1S/C19H26N6O/c1-13-9-14(2)23-19(22-13)24-17-10-15(6-7-21-17)16-5-4-8-25(11-16)12-18(26)20-3/h6-7,9-10,16H,4-5,8,11-12H2,1-3H3,(H,20,26)(H,21,22,23,24). The summed E-state index contributed by atoms with van der Waals surface area (Å²) in [5.41, 5.74) is 3.08. The van der Waals surface area contributed by atoms with Crippen LogP contribution >= 0.6 is 0 Å². The number of amides is 1. The average Bonchev–Trinajstić information content (AvgIpc) is 2.61. The van der Waals surface area contributed by atoms with Gasteiger partial charge in [0.2, 0.25) is 11.9 Å². The van der Waals surface area contributed by atoms with Gasteiger partial charge in [-0.05, 0) is 62.9 Å². The van der Waals surface area contributed by atoms with E-state index < -0.39 is 0 Å². The number of likely N-dealkylation sites (tertiary alicyclic amines) is 1. The molecule has 0 saturated carbocycles. The minimum atomic E-state index is 0.0645.